The van der Waals surface area contributed by atoms with Crippen molar-refractivity contribution in [3.63, 3.8) is 0 Å². The van der Waals surface area contributed by atoms with Gasteiger partial charge in [0.1, 0.15) is 0 Å². The number of nitrogens with zero attached hydrogens (tertiary/aromatic N) is 2. The van der Waals surface area contributed by atoms with Crippen LogP contribution in [-0.2, 0) is 6.54 Å². The van der Waals surface area contributed by atoms with E-state index in [4.69, 9.17) is 0 Å². The van der Waals surface area contributed by atoms with Gasteiger partial charge in [-0.1, -0.05) is 26.8 Å². The molecule has 96 valence electrons. The van der Waals surface area contributed by atoms with E-state index in [9.17, 15) is 0 Å². The second kappa shape index (κ2) is 7.41. The van der Waals surface area contributed by atoms with Gasteiger partial charge in [0.15, 0.2) is 0 Å². The minimum Gasteiger partial charge on any atom is -0.315 e. The van der Waals surface area contributed by atoms with Gasteiger partial charge in [-0.25, -0.2) is 0 Å². The van der Waals surface area contributed by atoms with Gasteiger partial charge in [-0.05, 0) is 31.1 Å². The molecule has 0 amide bonds. The van der Waals surface area contributed by atoms with Gasteiger partial charge in [0.2, 0.25) is 0 Å². The largest absolute Gasteiger partial charge is 0.315 e. The van der Waals surface area contributed by atoms with Crippen LogP contribution in [0.2, 0.25) is 0 Å². The van der Waals surface area contributed by atoms with Gasteiger partial charge in [0.25, 0.3) is 0 Å². The summed E-state index contributed by atoms with van der Waals surface area (Å²) in [7, 11) is 2.19. The standard InChI is InChI=1S/C14H25N3/c1-5-15-10-14(12(2)3)17(4)11-13-7-6-8-16-9-13/h6-9,12,14-15H,5,10-11H2,1-4H3. The highest BCUT2D eigenvalue weighted by Gasteiger charge is 2.18. The molecule has 0 saturated carbocycles. The van der Waals surface area contributed by atoms with E-state index < -0.39 is 0 Å². The molecule has 0 aliphatic rings. The fraction of sp³-hybridized carbons (Fsp3) is 0.643. The molecule has 0 aromatic carbocycles. The van der Waals surface area contributed by atoms with Crippen LogP contribution in [0.5, 0.6) is 0 Å². The van der Waals surface area contributed by atoms with Gasteiger partial charge in [0.05, 0.1) is 0 Å². The molecular formula is C14H25N3. The van der Waals surface area contributed by atoms with Crippen LogP contribution >= 0.6 is 0 Å². The van der Waals surface area contributed by atoms with Crippen molar-refractivity contribution < 1.29 is 0 Å². The summed E-state index contributed by atoms with van der Waals surface area (Å²) in [6.07, 6.45) is 3.77. The summed E-state index contributed by atoms with van der Waals surface area (Å²) < 4.78 is 0. The van der Waals surface area contributed by atoms with E-state index in [1.165, 1.54) is 5.56 Å². The predicted molar refractivity (Wildman–Crippen MR) is 72.9 cm³/mol. The number of rotatable bonds is 7. The maximum absolute atomic E-state index is 4.16. The molecule has 17 heavy (non-hydrogen) atoms. The summed E-state index contributed by atoms with van der Waals surface area (Å²) in [5.41, 5.74) is 1.28. The minimum atomic E-state index is 0.565. The molecule has 0 aliphatic carbocycles. The highest BCUT2D eigenvalue weighted by molar-refractivity contribution is 5.08. The van der Waals surface area contributed by atoms with E-state index >= 15 is 0 Å². The molecule has 1 N–H and O–H groups in total. The maximum Gasteiger partial charge on any atom is 0.0312 e. The Balaban J connectivity index is 2.55. The van der Waals surface area contributed by atoms with Gasteiger partial charge in [-0.15, -0.1) is 0 Å². The van der Waals surface area contributed by atoms with Crippen LogP contribution in [0.3, 0.4) is 0 Å². The molecule has 3 heteroatoms. The fourth-order valence-corrected chi connectivity index (χ4v) is 2.09. The van der Waals surface area contributed by atoms with E-state index in [1.807, 2.05) is 18.5 Å². The molecule has 0 radical (unpaired) electrons. The van der Waals surface area contributed by atoms with Crippen LogP contribution in [-0.4, -0.2) is 36.1 Å². The minimum absolute atomic E-state index is 0.565. The highest BCUT2D eigenvalue weighted by atomic mass is 15.1. The molecule has 1 aromatic rings. The number of nitrogens with one attached hydrogen (secondary N) is 1. The van der Waals surface area contributed by atoms with E-state index in [0.29, 0.717) is 12.0 Å². The lowest BCUT2D eigenvalue weighted by Gasteiger charge is -2.31. The van der Waals surface area contributed by atoms with Gasteiger partial charge in [0, 0.05) is 31.5 Å². The summed E-state index contributed by atoms with van der Waals surface area (Å²) in [5.74, 6) is 0.649. The lowest BCUT2D eigenvalue weighted by atomic mass is 10.0. The molecule has 0 spiro atoms. The lowest BCUT2D eigenvalue weighted by molar-refractivity contribution is 0.180. The zero-order valence-electron chi connectivity index (χ0n) is 11.5. The maximum atomic E-state index is 4.16. The Labute approximate surface area is 105 Å². The van der Waals surface area contributed by atoms with Gasteiger partial charge < -0.3 is 5.32 Å². The number of aromatic nitrogens is 1. The van der Waals surface area contributed by atoms with Crippen molar-refractivity contribution in [2.24, 2.45) is 5.92 Å². The molecule has 1 rings (SSSR count). The van der Waals surface area contributed by atoms with Crippen LogP contribution in [0.25, 0.3) is 0 Å². The molecule has 0 bridgehead atoms. The molecular weight excluding hydrogens is 210 g/mol. The van der Waals surface area contributed by atoms with Crippen LogP contribution in [0.1, 0.15) is 26.3 Å². The molecule has 1 heterocycles. The Hall–Kier alpha value is -0.930. The zero-order valence-corrected chi connectivity index (χ0v) is 11.5. The van der Waals surface area contributed by atoms with Crippen LogP contribution in [0.15, 0.2) is 24.5 Å². The third kappa shape index (κ3) is 4.84. The lowest BCUT2D eigenvalue weighted by Crippen LogP contribution is -2.43. The van der Waals surface area contributed by atoms with E-state index in [0.717, 1.165) is 19.6 Å². The van der Waals surface area contributed by atoms with E-state index in [2.05, 4.69) is 49.1 Å². The SMILES string of the molecule is CCNCC(C(C)C)N(C)Cc1cccnc1. The summed E-state index contributed by atoms with van der Waals surface area (Å²) in [6, 6.07) is 4.70. The van der Waals surface area contributed by atoms with Crippen molar-refractivity contribution in [3.05, 3.63) is 30.1 Å². The molecule has 1 atom stereocenters. The quantitative estimate of drug-likeness (QED) is 0.785. The summed E-state index contributed by atoms with van der Waals surface area (Å²) in [6.45, 7) is 9.75. The fourth-order valence-electron chi connectivity index (χ4n) is 2.09. The monoisotopic (exact) mass is 235 g/mol. The molecule has 0 aliphatic heterocycles. The summed E-state index contributed by atoms with van der Waals surface area (Å²) in [4.78, 5) is 6.57. The molecule has 1 aromatic heterocycles. The number of hydrogen-bond donors (Lipinski definition) is 1. The van der Waals surface area contributed by atoms with Crippen molar-refractivity contribution in [2.75, 3.05) is 20.1 Å². The van der Waals surface area contributed by atoms with Crippen LogP contribution in [0.4, 0.5) is 0 Å². The third-order valence-corrected chi connectivity index (χ3v) is 3.09. The Morgan fingerprint density at radius 1 is 1.41 bits per heavy atom. The second-order valence-corrected chi connectivity index (χ2v) is 4.90. The Kier molecular flexibility index (Phi) is 6.16. The van der Waals surface area contributed by atoms with Crippen molar-refractivity contribution in [1.29, 1.82) is 0 Å². The van der Waals surface area contributed by atoms with Gasteiger partial charge in [-0.2, -0.15) is 0 Å². The van der Waals surface area contributed by atoms with Crippen LogP contribution < -0.4 is 5.32 Å². The predicted octanol–water partition coefficient (Wildman–Crippen LogP) is 2.15. The average Bonchev–Trinajstić information content (AvgIpc) is 2.30. The smallest absolute Gasteiger partial charge is 0.0312 e. The number of pyridine rings is 1. The van der Waals surface area contributed by atoms with Crippen molar-refractivity contribution in [2.45, 2.75) is 33.4 Å². The zero-order chi connectivity index (χ0) is 12.7. The highest BCUT2D eigenvalue weighted by Crippen LogP contribution is 2.11. The normalized spacial score (nSPS) is 13.3. The first-order valence-electron chi connectivity index (χ1n) is 6.45. The van der Waals surface area contributed by atoms with Crippen molar-refractivity contribution >= 4 is 0 Å². The molecule has 1 unspecified atom stereocenters. The summed E-state index contributed by atoms with van der Waals surface area (Å²) >= 11 is 0. The molecule has 0 saturated heterocycles. The first-order valence-corrected chi connectivity index (χ1v) is 6.45. The molecule has 3 nitrogen and oxygen atoms in total. The van der Waals surface area contributed by atoms with Gasteiger partial charge in [-0.3, -0.25) is 9.88 Å². The third-order valence-electron chi connectivity index (χ3n) is 3.09. The van der Waals surface area contributed by atoms with E-state index in [-0.39, 0.29) is 0 Å². The Morgan fingerprint density at radius 3 is 2.71 bits per heavy atom. The van der Waals surface area contributed by atoms with Crippen molar-refractivity contribution in [1.82, 2.24) is 15.2 Å². The van der Waals surface area contributed by atoms with E-state index in [1.54, 1.807) is 0 Å². The van der Waals surface area contributed by atoms with Gasteiger partial charge >= 0.3 is 0 Å². The topological polar surface area (TPSA) is 28.2 Å². The van der Waals surface area contributed by atoms with Crippen LogP contribution in [0, 0.1) is 5.92 Å². The Morgan fingerprint density at radius 2 is 2.18 bits per heavy atom. The first kappa shape index (κ1) is 14.1. The summed E-state index contributed by atoms with van der Waals surface area (Å²) in [5, 5.41) is 3.44. The molecule has 0 fully saturated rings. The average molecular weight is 235 g/mol. The number of likely N-dealkylation sites (N-methyl/N-ethyl adjacent to an activating group) is 2. The first-order chi connectivity index (χ1) is 8.15. The van der Waals surface area contributed by atoms with Crippen molar-refractivity contribution in [3.8, 4) is 0 Å². The Bertz CT molecular complexity index is 298. The second-order valence-electron chi connectivity index (χ2n) is 4.90. The number of hydrogen-bond acceptors (Lipinski definition) is 3.